The van der Waals surface area contributed by atoms with Gasteiger partial charge in [-0.25, -0.2) is 4.79 Å². The first-order valence-corrected chi connectivity index (χ1v) is 9.16. The molecule has 6 nitrogen and oxygen atoms in total. The molecule has 6 heteroatoms. The Bertz CT molecular complexity index is 754. The first kappa shape index (κ1) is 18.0. The summed E-state index contributed by atoms with van der Waals surface area (Å²) >= 11 is 0. The van der Waals surface area contributed by atoms with Gasteiger partial charge >= 0.3 is 6.09 Å². The van der Waals surface area contributed by atoms with Crippen LogP contribution < -0.4 is 0 Å². The number of carboxylic acid groups (broad SMARTS) is 1. The number of piperidine rings is 1. The molecule has 0 aromatic heterocycles. The Kier molecular flexibility index (Phi) is 5.38. The van der Waals surface area contributed by atoms with Gasteiger partial charge in [0.05, 0.1) is 25.9 Å². The topological polar surface area (TPSA) is 68.2 Å². The Morgan fingerprint density at radius 1 is 1.07 bits per heavy atom. The van der Waals surface area contributed by atoms with E-state index < -0.39 is 12.4 Å². The van der Waals surface area contributed by atoms with Crippen LogP contribution >= 0.6 is 0 Å². The van der Waals surface area contributed by atoms with Crippen molar-refractivity contribution in [3.8, 4) is 0 Å². The van der Waals surface area contributed by atoms with Gasteiger partial charge in [-0.15, -0.1) is 0 Å². The van der Waals surface area contributed by atoms with Crippen LogP contribution in [0.1, 0.15) is 17.4 Å². The summed E-state index contributed by atoms with van der Waals surface area (Å²) in [6.45, 7) is 1.55. The van der Waals surface area contributed by atoms with Crippen LogP contribution in [0.25, 0.3) is 0 Å². The summed E-state index contributed by atoms with van der Waals surface area (Å²) in [5, 5.41) is 9.45. The van der Waals surface area contributed by atoms with Crippen molar-refractivity contribution in [3.63, 3.8) is 0 Å². The Morgan fingerprint density at radius 3 is 2.48 bits per heavy atom. The number of benzene rings is 2. The highest BCUT2D eigenvalue weighted by Gasteiger charge is 2.44. The SMILES string of the molecule is O=C(O)N1CC2COC(c3ccccc3)OC2C(OCc2ccccc2)C1. The quantitative estimate of drug-likeness (QED) is 0.896. The van der Waals surface area contributed by atoms with Gasteiger partial charge in [0, 0.05) is 18.0 Å². The van der Waals surface area contributed by atoms with Gasteiger partial charge in [0.25, 0.3) is 0 Å². The average Bonchev–Trinajstić information content (AvgIpc) is 2.72. The number of fused-ring (bicyclic) bond motifs is 1. The average molecular weight is 369 g/mol. The van der Waals surface area contributed by atoms with Gasteiger partial charge in [-0.2, -0.15) is 0 Å². The van der Waals surface area contributed by atoms with Crippen LogP contribution in [0.5, 0.6) is 0 Å². The highest BCUT2D eigenvalue weighted by Crippen LogP contribution is 2.35. The lowest BCUT2D eigenvalue weighted by atomic mass is 9.92. The maximum absolute atomic E-state index is 11.5. The summed E-state index contributed by atoms with van der Waals surface area (Å²) in [4.78, 5) is 12.9. The van der Waals surface area contributed by atoms with E-state index >= 15 is 0 Å². The van der Waals surface area contributed by atoms with Gasteiger partial charge in [0.2, 0.25) is 0 Å². The monoisotopic (exact) mass is 369 g/mol. The van der Waals surface area contributed by atoms with Crippen LogP contribution in [0.15, 0.2) is 60.7 Å². The molecule has 0 saturated carbocycles. The highest BCUT2D eigenvalue weighted by atomic mass is 16.7. The van der Waals surface area contributed by atoms with Crippen molar-refractivity contribution in [1.82, 2.24) is 4.90 Å². The Morgan fingerprint density at radius 2 is 1.78 bits per heavy atom. The lowest BCUT2D eigenvalue weighted by molar-refractivity contribution is -0.279. The van der Waals surface area contributed by atoms with E-state index in [1.807, 2.05) is 60.7 Å². The van der Waals surface area contributed by atoms with Gasteiger partial charge in [0.1, 0.15) is 6.10 Å². The second-order valence-electron chi connectivity index (χ2n) is 6.96. The largest absolute Gasteiger partial charge is 0.465 e. The molecule has 2 aliphatic rings. The molecule has 2 aromatic carbocycles. The molecule has 4 rings (SSSR count). The minimum Gasteiger partial charge on any atom is -0.465 e. The normalized spacial score (nSPS) is 27.8. The summed E-state index contributed by atoms with van der Waals surface area (Å²) in [6, 6.07) is 19.7. The first-order chi connectivity index (χ1) is 13.2. The zero-order valence-electron chi connectivity index (χ0n) is 14.9. The highest BCUT2D eigenvalue weighted by molar-refractivity contribution is 5.65. The van der Waals surface area contributed by atoms with E-state index in [-0.39, 0.29) is 18.1 Å². The second kappa shape index (κ2) is 8.08. The molecule has 0 spiro atoms. The number of nitrogens with zero attached hydrogens (tertiary/aromatic N) is 1. The number of hydrogen-bond donors (Lipinski definition) is 1. The number of hydrogen-bond acceptors (Lipinski definition) is 4. The smallest absolute Gasteiger partial charge is 0.407 e. The van der Waals surface area contributed by atoms with Gasteiger partial charge in [-0.1, -0.05) is 60.7 Å². The van der Waals surface area contributed by atoms with E-state index in [9.17, 15) is 9.90 Å². The predicted molar refractivity (Wildman–Crippen MR) is 98.1 cm³/mol. The third-order valence-electron chi connectivity index (χ3n) is 5.08. The van der Waals surface area contributed by atoms with E-state index in [1.54, 1.807) is 0 Å². The van der Waals surface area contributed by atoms with E-state index in [4.69, 9.17) is 14.2 Å². The van der Waals surface area contributed by atoms with Crippen molar-refractivity contribution >= 4 is 6.09 Å². The van der Waals surface area contributed by atoms with Crippen LogP contribution in [0.3, 0.4) is 0 Å². The fourth-order valence-electron chi connectivity index (χ4n) is 3.69. The van der Waals surface area contributed by atoms with Crippen molar-refractivity contribution in [1.29, 1.82) is 0 Å². The minimum atomic E-state index is -0.938. The van der Waals surface area contributed by atoms with Gasteiger partial charge in [0.15, 0.2) is 6.29 Å². The van der Waals surface area contributed by atoms with E-state index in [0.717, 1.165) is 11.1 Å². The standard InChI is InChI=1S/C21H23NO5/c23-21(24)22-11-17-14-26-20(16-9-5-2-6-10-16)27-19(17)18(12-22)25-13-15-7-3-1-4-8-15/h1-10,17-20H,11-14H2,(H,23,24). The molecule has 4 atom stereocenters. The third kappa shape index (κ3) is 4.13. The van der Waals surface area contributed by atoms with Crippen LogP contribution in [0.2, 0.25) is 0 Å². The van der Waals surface area contributed by atoms with Gasteiger partial charge in [-0.05, 0) is 5.56 Å². The lowest BCUT2D eigenvalue weighted by Crippen LogP contribution is -2.58. The van der Waals surface area contributed by atoms with E-state index in [2.05, 4.69) is 0 Å². The molecule has 2 heterocycles. The summed E-state index contributed by atoms with van der Waals surface area (Å²) in [7, 11) is 0. The molecule has 1 amide bonds. The number of carbonyl (C=O) groups is 1. The van der Waals surface area contributed by atoms with Gasteiger partial charge in [-0.3, -0.25) is 0 Å². The second-order valence-corrected chi connectivity index (χ2v) is 6.96. The maximum Gasteiger partial charge on any atom is 0.407 e. The minimum absolute atomic E-state index is 0.0458. The molecule has 2 saturated heterocycles. The number of ether oxygens (including phenoxy) is 3. The van der Waals surface area contributed by atoms with E-state index in [1.165, 1.54) is 4.90 Å². The molecule has 2 fully saturated rings. The lowest BCUT2D eigenvalue weighted by Gasteiger charge is -2.46. The molecular weight excluding hydrogens is 346 g/mol. The first-order valence-electron chi connectivity index (χ1n) is 9.16. The molecule has 0 aliphatic carbocycles. The number of rotatable bonds is 4. The zero-order valence-corrected chi connectivity index (χ0v) is 14.9. The fourth-order valence-corrected chi connectivity index (χ4v) is 3.69. The van der Waals surface area contributed by atoms with Crippen LogP contribution in [0, 0.1) is 5.92 Å². The van der Waals surface area contributed by atoms with Crippen LogP contribution in [0.4, 0.5) is 4.79 Å². The number of amides is 1. The fraction of sp³-hybridized carbons (Fsp3) is 0.381. The molecule has 4 unspecified atom stereocenters. The molecule has 0 bridgehead atoms. The van der Waals surface area contributed by atoms with Crippen molar-refractivity contribution < 1.29 is 24.1 Å². The molecule has 142 valence electrons. The zero-order chi connectivity index (χ0) is 18.6. The van der Waals surface area contributed by atoms with Crippen LogP contribution in [-0.4, -0.2) is 48.0 Å². The Balaban J connectivity index is 1.49. The molecule has 2 aromatic rings. The van der Waals surface area contributed by atoms with E-state index in [0.29, 0.717) is 26.3 Å². The maximum atomic E-state index is 11.5. The molecular formula is C21H23NO5. The third-order valence-corrected chi connectivity index (χ3v) is 5.08. The summed E-state index contributed by atoms with van der Waals surface area (Å²) in [6.07, 6.45) is -1.93. The molecule has 27 heavy (non-hydrogen) atoms. The van der Waals surface area contributed by atoms with Crippen molar-refractivity contribution in [3.05, 3.63) is 71.8 Å². The van der Waals surface area contributed by atoms with Crippen LogP contribution in [-0.2, 0) is 20.8 Å². The summed E-state index contributed by atoms with van der Waals surface area (Å²) < 4.78 is 18.2. The molecule has 2 aliphatic heterocycles. The summed E-state index contributed by atoms with van der Waals surface area (Å²) in [5.41, 5.74) is 2.01. The van der Waals surface area contributed by atoms with Gasteiger partial charge < -0.3 is 24.2 Å². The Labute approximate surface area is 158 Å². The predicted octanol–water partition coefficient (Wildman–Crippen LogP) is 3.30. The summed E-state index contributed by atoms with van der Waals surface area (Å²) in [5.74, 6) is -0.0458. The molecule has 1 N–H and O–H groups in total. The Hall–Kier alpha value is -2.41. The van der Waals surface area contributed by atoms with Crippen molar-refractivity contribution in [2.45, 2.75) is 25.1 Å². The molecule has 0 radical (unpaired) electrons. The number of likely N-dealkylation sites (tertiary alicyclic amines) is 1. The van der Waals surface area contributed by atoms with Crippen molar-refractivity contribution in [2.75, 3.05) is 19.7 Å². The van der Waals surface area contributed by atoms with Crippen molar-refractivity contribution in [2.24, 2.45) is 5.92 Å².